The number of ether oxygens (including phenoxy) is 1. The molecule has 0 bridgehead atoms. The van der Waals surface area contributed by atoms with Crippen molar-refractivity contribution in [2.24, 2.45) is 0 Å². The molecule has 0 radical (unpaired) electrons. The minimum atomic E-state index is -0.960. The molecule has 0 fully saturated rings. The van der Waals surface area contributed by atoms with Gasteiger partial charge in [-0.15, -0.1) is 0 Å². The van der Waals surface area contributed by atoms with Crippen molar-refractivity contribution in [1.29, 1.82) is 0 Å². The predicted octanol–water partition coefficient (Wildman–Crippen LogP) is 6.72. The van der Waals surface area contributed by atoms with Gasteiger partial charge in [0.05, 0.1) is 33.4 Å². The van der Waals surface area contributed by atoms with Gasteiger partial charge in [-0.25, -0.2) is 14.2 Å². The Hall–Kier alpha value is -2.97. The zero-order valence-electron chi connectivity index (χ0n) is 18.1. The number of benzene rings is 3. The largest absolute Gasteiger partial charge is 0.496 e. The highest BCUT2D eigenvalue weighted by Crippen LogP contribution is 2.35. The van der Waals surface area contributed by atoms with Crippen molar-refractivity contribution in [2.75, 3.05) is 18.6 Å². The Labute approximate surface area is 203 Å². The Kier molecular flexibility index (Phi) is 6.95. The number of methoxy groups -OCH3 is 1. The van der Waals surface area contributed by atoms with E-state index in [1.54, 1.807) is 25.3 Å². The Morgan fingerprint density at radius 2 is 1.97 bits per heavy atom. The van der Waals surface area contributed by atoms with Crippen LogP contribution in [0.25, 0.3) is 10.2 Å². The Bertz CT molecular complexity index is 1290. The number of anilines is 1. The third kappa shape index (κ3) is 5.02. The molecule has 0 aliphatic carbocycles. The van der Waals surface area contributed by atoms with Crippen LogP contribution >= 0.6 is 27.3 Å². The smallest absolute Gasteiger partial charge is 0.335 e. The van der Waals surface area contributed by atoms with Crippen LogP contribution in [0.15, 0.2) is 65.1 Å². The average molecular weight is 529 g/mol. The molecule has 0 saturated carbocycles. The summed E-state index contributed by atoms with van der Waals surface area (Å²) in [6.45, 7) is 2.68. The summed E-state index contributed by atoms with van der Waals surface area (Å²) in [7, 11) is 1.63. The van der Waals surface area contributed by atoms with Crippen molar-refractivity contribution in [3.05, 3.63) is 87.6 Å². The second kappa shape index (κ2) is 9.89. The van der Waals surface area contributed by atoms with E-state index in [2.05, 4.69) is 20.8 Å². The van der Waals surface area contributed by atoms with Crippen molar-refractivity contribution in [1.82, 2.24) is 4.98 Å². The molecule has 170 valence electrons. The molecule has 1 unspecified atom stereocenters. The molecule has 8 heteroatoms. The van der Waals surface area contributed by atoms with Crippen LogP contribution in [0.1, 0.15) is 34.5 Å². The average Bonchev–Trinajstić information content (AvgIpc) is 3.24. The molecule has 33 heavy (non-hydrogen) atoms. The van der Waals surface area contributed by atoms with Gasteiger partial charge < -0.3 is 14.7 Å². The third-order valence-corrected chi connectivity index (χ3v) is 7.30. The van der Waals surface area contributed by atoms with Crippen LogP contribution in [0.4, 0.5) is 9.52 Å². The van der Waals surface area contributed by atoms with E-state index in [1.807, 2.05) is 43.3 Å². The molecule has 0 spiro atoms. The second-order valence-corrected chi connectivity index (χ2v) is 9.43. The highest BCUT2D eigenvalue weighted by molar-refractivity contribution is 9.10. The summed E-state index contributed by atoms with van der Waals surface area (Å²) in [6, 6.07) is 17.6. The number of fused-ring (bicyclic) bond motifs is 1. The van der Waals surface area contributed by atoms with Crippen LogP contribution in [0.5, 0.6) is 5.75 Å². The lowest BCUT2D eigenvalue weighted by Crippen LogP contribution is -2.29. The lowest BCUT2D eigenvalue weighted by molar-refractivity contribution is 0.0697. The van der Waals surface area contributed by atoms with E-state index in [4.69, 9.17) is 9.72 Å². The number of carboxylic acid groups (broad SMARTS) is 1. The van der Waals surface area contributed by atoms with E-state index in [9.17, 15) is 14.3 Å². The fraction of sp³-hybridized carbons (Fsp3) is 0.200. The van der Waals surface area contributed by atoms with Gasteiger partial charge in [-0.05, 0) is 76.8 Å². The lowest BCUT2D eigenvalue weighted by atomic mass is 10.0. The van der Waals surface area contributed by atoms with Gasteiger partial charge in [0.15, 0.2) is 5.13 Å². The van der Waals surface area contributed by atoms with E-state index < -0.39 is 5.97 Å². The van der Waals surface area contributed by atoms with Crippen LogP contribution in [0.2, 0.25) is 0 Å². The standard InChI is InChI=1S/C25H22BrFN2O3S/c1-15(17-7-9-18(10-8-17)24(30)31)29(13-12-16-6-11-22(32-2)19(26)14-16)25-28-21-5-3-4-20(27)23(21)33-25/h3-11,14-15H,12-13H2,1-2H3,(H,30,31). The van der Waals surface area contributed by atoms with Gasteiger partial charge in [-0.2, -0.15) is 0 Å². The second-order valence-electron chi connectivity index (χ2n) is 7.60. The van der Waals surface area contributed by atoms with Crippen LogP contribution in [-0.2, 0) is 6.42 Å². The summed E-state index contributed by atoms with van der Waals surface area (Å²) in [5.41, 5.74) is 2.94. The summed E-state index contributed by atoms with van der Waals surface area (Å²) in [5, 5.41) is 9.93. The van der Waals surface area contributed by atoms with Crippen molar-refractivity contribution in [3.63, 3.8) is 0 Å². The molecule has 3 aromatic carbocycles. The molecule has 4 rings (SSSR count). The van der Waals surface area contributed by atoms with Gasteiger partial charge in [-0.1, -0.05) is 35.6 Å². The number of halogens is 2. The first-order valence-corrected chi connectivity index (χ1v) is 12.0. The summed E-state index contributed by atoms with van der Waals surface area (Å²) < 4.78 is 21.1. The zero-order chi connectivity index (χ0) is 23.5. The fourth-order valence-electron chi connectivity index (χ4n) is 3.68. The van der Waals surface area contributed by atoms with Crippen molar-refractivity contribution < 1.29 is 19.0 Å². The number of carboxylic acids is 1. The number of aromatic carboxylic acids is 1. The maximum absolute atomic E-state index is 14.4. The molecular formula is C25H22BrFN2O3S. The van der Waals surface area contributed by atoms with E-state index >= 15 is 0 Å². The Morgan fingerprint density at radius 3 is 2.61 bits per heavy atom. The van der Waals surface area contributed by atoms with Crippen LogP contribution < -0.4 is 9.64 Å². The summed E-state index contributed by atoms with van der Waals surface area (Å²) >= 11 is 4.86. The van der Waals surface area contributed by atoms with Gasteiger partial charge in [0.25, 0.3) is 0 Å². The summed E-state index contributed by atoms with van der Waals surface area (Å²) in [6.07, 6.45) is 0.735. The predicted molar refractivity (Wildman–Crippen MR) is 133 cm³/mol. The molecule has 1 N–H and O–H groups in total. The minimum absolute atomic E-state index is 0.0989. The maximum Gasteiger partial charge on any atom is 0.335 e. The monoisotopic (exact) mass is 528 g/mol. The van der Waals surface area contributed by atoms with Crippen LogP contribution in [-0.4, -0.2) is 29.7 Å². The lowest BCUT2D eigenvalue weighted by Gasteiger charge is -2.29. The molecule has 1 heterocycles. The Morgan fingerprint density at radius 1 is 1.21 bits per heavy atom. The van der Waals surface area contributed by atoms with Crippen molar-refractivity contribution >= 4 is 48.6 Å². The van der Waals surface area contributed by atoms with E-state index in [-0.39, 0.29) is 17.4 Å². The van der Waals surface area contributed by atoms with E-state index in [1.165, 1.54) is 17.4 Å². The molecule has 0 aliphatic rings. The first-order valence-electron chi connectivity index (χ1n) is 10.3. The topological polar surface area (TPSA) is 62.7 Å². The maximum atomic E-state index is 14.4. The van der Waals surface area contributed by atoms with Gasteiger partial charge in [0.2, 0.25) is 0 Å². The number of hydrogen-bond donors (Lipinski definition) is 1. The van der Waals surface area contributed by atoms with Crippen LogP contribution in [0, 0.1) is 5.82 Å². The zero-order valence-corrected chi connectivity index (χ0v) is 20.5. The molecule has 5 nitrogen and oxygen atoms in total. The van der Waals surface area contributed by atoms with Gasteiger partial charge in [0, 0.05) is 6.54 Å². The van der Waals surface area contributed by atoms with Crippen molar-refractivity contribution in [3.8, 4) is 5.75 Å². The molecule has 4 aromatic rings. The van der Waals surface area contributed by atoms with Gasteiger partial charge in [0.1, 0.15) is 11.6 Å². The fourth-order valence-corrected chi connectivity index (χ4v) is 5.35. The van der Waals surface area contributed by atoms with Gasteiger partial charge >= 0.3 is 5.97 Å². The highest BCUT2D eigenvalue weighted by atomic mass is 79.9. The molecular weight excluding hydrogens is 507 g/mol. The first kappa shape index (κ1) is 23.2. The van der Waals surface area contributed by atoms with Crippen molar-refractivity contribution in [2.45, 2.75) is 19.4 Å². The normalized spacial score (nSPS) is 12.0. The molecule has 1 aromatic heterocycles. The minimum Gasteiger partial charge on any atom is -0.496 e. The Balaban J connectivity index is 1.67. The first-order chi connectivity index (χ1) is 15.9. The highest BCUT2D eigenvalue weighted by Gasteiger charge is 2.21. The summed E-state index contributed by atoms with van der Waals surface area (Å²) in [4.78, 5) is 18.1. The molecule has 0 saturated heterocycles. The molecule has 0 aliphatic heterocycles. The quantitative estimate of drug-likeness (QED) is 0.275. The van der Waals surface area contributed by atoms with E-state index in [0.717, 1.165) is 32.9 Å². The number of aromatic nitrogens is 1. The van der Waals surface area contributed by atoms with Crippen LogP contribution in [0.3, 0.4) is 0 Å². The number of carbonyl (C=O) groups is 1. The number of rotatable bonds is 8. The van der Waals surface area contributed by atoms with Gasteiger partial charge in [-0.3, -0.25) is 0 Å². The van der Waals surface area contributed by atoms with E-state index in [0.29, 0.717) is 16.8 Å². The SMILES string of the molecule is COc1ccc(CCN(c2nc3cccc(F)c3s2)C(C)c2ccc(C(=O)O)cc2)cc1Br. The third-order valence-electron chi connectivity index (χ3n) is 5.57. The summed E-state index contributed by atoms with van der Waals surface area (Å²) in [5.74, 6) is -0.476. The number of hydrogen-bond acceptors (Lipinski definition) is 5. The molecule has 0 amide bonds. The number of thiazole rings is 1. The number of nitrogens with zero attached hydrogens (tertiary/aromatic N) is 2. The molecule has 1 atom stereocenters.